The summed E-state index contributed by atoms with van der Waals surface area (Å²) in [6, 6.07) is 30.5. The van der Waals surface area contributed by atoms with Gasteiger partial charge in [-0.2, -0.15) is 0 Å². The van der Waals surface area contributed by atoms with E-state index in [-0.39, 0.29) is 0 Å². The molecule has 0 aliphatic heterocycles. The predicted octanol–water partition coefficient (Wildman–Crippen LogP) is 5.72. The zero-order valence-corrected chi connectivity index (χ0v) is 15.7. The maximum Gasteiger partial charge on any atom is 0.307 e. The third-order valence-corrected chi connectivity index (χ3v) is 5.37. The zero-order valence-electron chi connectivity index (χ0n) is 15.7. The lowest BCUT2D eigenvalue weighted by atomic mass is 9.61. The van der Waals surface area contributed by atoms with Crippen molar-refractivity contribution < 1.29 is 9.90 Å². The number of carboxylic acid groups (broad SMARTS) is 1. The van der Waals surface area contributed by atoms with Crippen LogP contribution in [0.4, 0.5) is 0 Å². The van der Waals surface area contributed by atoms with E-state index in [9.17, 15) is 9.90 Å². The van der Waals surface area contributed by atoms with Crippen LogP contribution in [0.5, 0.6) is 0 Å². The molecule has 1 N–H and O–H groups in total. The van der Waals surface area contributed by atoms with Crippen LogP contribution in [0, 0.1) is 5.92 Å². The van der Waals surface area contributed by atoms with Crippen molar-refractivity contribution in [3.05, 3.63) is 108 Å². The second-order valence-electron chi connectivity index (χ2n) is 7.05. The van der Waals surface area contributed by atoms with E-state index in [1.807, 2.05) is 54.6 Å². The summed E-state index contributed by atoms with van der Waals surface area (Å²) in [7, 11) is 0. The lowest BCUT2D eigenvalue weighted by Crippen LogP contribution is -2.43. The molecule has 0 saturated heterocycles. The quantitative estimate of drug-likeness (QED) is 0.559. The third kappa shape index (κ3) is 3.95. The van der Waals surface area contributed by atoms with Gasteiger partial charge >= 0.3 is 5.97 Å². The van der Waals surface area contributed by atoms with Gasteiger partial charge in [-0.3, -0.25) is 4.79 Å². The molecule has 2 nitrogen and oxygen atoms in total. The molecule has 0 aromatic heterocycles. The molecule has 0 spiro atoms. The number of benzene rings is 3. The van der Waals surface area contributed by atoms with Gasteiger partial charge in [0.1, 0.15) is 0 Å². The van der Waals surface area contributed by atoms with Crippen LogP contribution in [-0.4, -0.2) is 11.1 Å². The van der Waals surface area contributed by atoms with Crippen LogP contribution in [0.1, 0.15) is 36.5 Å². The minimum absolute atomic E-state index is 0.507. The standard InChI is InChI=1S/C25H26O2/c1-2-12-23(24(26)27)25(21-15-8-4-9-16-21,22-17-10-5-11-18-22)19-20-13-6-3-7-14-20/h3-11,13-18,23H,2,12,19H2,1H3,(H,26,27). The van der Waals surface area contributed by atoms with Crippen molar-refractivity contribution in [3.8, 4) is 0 Å². The lowest BCUT2D eigenvalue weighted by molar-refractivity contribution is -0.144. The molecule has 0 fully saturated rings. The van der Waals surface area contributed by atoms with Crippen molar-refractivity contribution >= 4 is 5.97 Å². The first kappa shape index (κ1) is 18.9. The van der Waals surface area contributed by atoms with Crippen molar-refractivity contribution in [2.45, 2.75) is 31.6 Å². The summed E-state index contributed by atoms with van der Waals surface area (Å²) < 4.78 is 0. The van der Waals surface area contributed by atoms with Crippen LogP contribution >= 0.6 is 0 Å². The van der Waals surface area contributed by atoms with E-state index in [1.165, 1.54) is 0 Å². The summed E-state index contributed by atoms with van der Waals surface area (Å²) in [4.78, 5) is 12.5. The maximum atomic E-state index is 12.5. The minimum atomic E-state index is -0.736. The van der Waals surface area contributed by atoms with Gasteiger partial charge in [-0.15, -0.1) is 0 Å². The van der Waals surface area contributed by atoms with Gasteiger partial charge in [-0.25, -0.2) is 0 Å². The Morgan fingerprint density at radius 2 is 1.26 bits per heavy atom. The number of rotatable bonds is 8. The average Bonchev–Trinajstić information content (AvgIpc) is 2.72. The van der Waals surface area contributed by atoms with E-state index in [0.717, 1.165) is 23.1 Å². The maximum absolute atomic E-state index is 12.5. The summed E-state index contributed by atoms with van der Waals surface area (Å²) in [5, 5.41) is 10.2. The average molecular weight is 358 g/mol. The summed E-state index contributed by atoms with van der Waals surface area (Å²) in [5.41, 5.74) is 2.64. The molecule has 138 valence electrons. The highest BCUT2D eigenvalue weighted by Gasteiger charge is 2.45. The molecule has 0 heterocycles. The van der Waals surface area contributed by atoms with Crippen LogP contribution in [0.2, 0.25) is 0 Å². The largest absolute Gasteiger partial charge is 0.481 e. The number of carboxylic acids is 1. The second kappa shape index (κ2) is 8.68. The highest BCUT2D eigenvalue weighted by molar-refractivity contribution is 5.74. The SMILES string of the molecule is CCCC(C(=O)O)C(Cc1ccccc1)(c1ccccc1)c1ccccc1. The normalized spacial score (nSPS) is 12.5. The van der Waals surface area contributed by atoms with Gasteiger partial charge in [0.05, 0.1) is 5.92 Å². The molecular weight excluding hydrogens is 332 g/mol. The van der Waals surface area contributed by atoms with Crippen LogP contribution < -0.4 is 0 Å². The van der Waals surface area contributed by atoms with Crippen LogP contribution in [0.15, 0.2) is 91.0 Å². The Hall–Kier alpha value is -2.87. The molecule has 0 amide bonds. The molecule has 3 aromatic carbocycles. The molecule has 0 bridgehead atoms. The first-order valence-electron chi connectivity index (χ1n) is 9.56. The van der Waals surface area contributed by atoms with Gasteiger partial charge < -0.3 is 5.11 Å². The monoisotopic (exact) mass is 358 g/mol. The fourth-order valence-electron chi connectivity index (χ4n) is 4.15. The Labute approximate surface area is 161 Å². The topological polar surface area (TPSA) is 37.3 Å². The van der Waals surface area contributed by atoms with Crippen LogP contribution in [-0.2, 0) is 16.6 Å². The van der Waals surface area contributed by atoms with Crippen molar-refractivity contribution in [1.29, 1.82) is 0 Å². The number of aliphatic carboxylic acids is 1. The highest BCUT2D eigenvalue weighted by Crippen LogP contribution is 2.44. The summed E-state index contributed by atoms with van der Waals surface area (Å²) in [6.45, 7) is 2.05. The van der Waals surface area contributed by atoms with Crippen molar-refractivity contribution in [1.82, 2.24) is 0 Å². The van der Waals surface area contributed by atoms with Gasteiger partial charge in [0.15, 0.2) is 0 Å². The van der Waals surface area contributed by atoms with Gasteiger partial charge in [0.2, 0.25) is 0 Å². The Morgan fingerprint density at radius 1 is 0.815 bits per heavy atom. The molecule has 1 atom stereocenters. The molecule has 3 aromatic rings. The number of hydrogen-bond acceptors (Lipinski definition) is 1. The van der Waals surface area contributed by atoms with E-state index in [2.05, 4.69) is 43.3 Å². The molecule has 1 unspecified atom stereocenters. The third-order valence-electron chi connectivity index (χ3n) is 5.37. The smallest absolute Gasteiger partial charge is 0.307 e. The molecule has 2 heteroatoms. The van der Waals surface area contributed by atoms with Crippen LogP contribution in [0.25, 0.3) is 0 Å². The summed E-state index contributed by atoms with van der Waals surface area (Å²) in [6.07, 6.45) is 2.11. The summed E-state index contributed by atoms with van der Waals surface area (Å²) >= 11 is 0. The Balaban J connectivity index is 2.28. The predicted molar refractivity (Wildman–Crippen MR) is 110 cm³/mol. The lowest BCUT2D eigenvalue weighted by Gasteiger charge is -2.40. The molecule has 27 heavy (non-hydrogen) atoms. The van der Waals surface area contributed by atoms with Crippen molar-refractivity contribution in [3.63, 3.8) is 0 Å². The van der Waals surface area contributed by atoms with E-state index in [0.29, 0.717) is 12.8 Å². The van der Waals surface area contributed by atoms with E-state index in [4.69, 9.17) is 0 Å². The highest BCUT2D eigenvalue weighted by atomic mass is 16.4. The molecule has 0 aliphatic rings. The van der Waals surface area contributed by atoms with Gasteiger partial charge in [-0.05, 0) is 29.5 Å². The van der Waals surface area contributed by atoms with E-state index >= 15 is 0 Å². The molecule has 0 aliphatic carbocycles. The minimum Gasteiger partial charge on any atom is -0.481 e. The first-order valence-corrected chi connectivity index (χ1v) is 9.56. The number of carbonyl (C=O) groups is 1. The van der Waals surface area contributed by atoms with Gasteiger partial charge in [-0.1, -0.05) is 104 Å². The van der Waals surface area contributed by atoms with E-state index in [1.54, 1.807) is 0 Å². The summed E-state index contributed by atoms with van der Waals surface area (Å²) in [5.74, 6) is -1.24. The molecule has 0 saturated carbocycles. The van der Waals surface area contributed by atoms with E-state index < -0.39 is 17.3 Å². The first-order chi connectivity index (χ1) is 13.2. The Kier molecular flexibility index (Phi) is 6.08. The van der Waals surface area contributed by atoms with Gasteiger partial charge in [0, 0.05) is 5.41 Å². The molecule has 3 rings (SSSR count). The Morgan fingerprint density at radius 3 is 1.67 bits per heavy atom. The van der Waals surface area contributed by atoms with Crippen LogP contribution in [0.3, 0.4) is 0 Å². The number of hydrogen-bond donors (Lipinski definition) is 1. The van der Waals surface area contributed by atoms with Crippen molar-refractivity contribution in [2.24, 2.45) is 5.92 Å². The Bertz CT molecular complexity index is 802. The molecular formula is C25H26O2. The fourth-order valence-corrected chi connectivity index (χ4v) is 4.15. The van der Waals surface area contributed by atoms with Crippen molar-refractivity contribution in [2.75, 3.05) is 0 Å². The molecule has 0 radical (unpaired) electrons. The zero-order chi connectivity index (χ0) is 19.1. The fraction of sp³-hybridized carbons (Fsp3) is 0.240. The second-order valence-corrected chi connectivity index (χ2v) is 7.05. The van der Waals surface area contributed by atoms with Gasteiger partial charge in [0.25, 0.3) is 0 Å².